The largest absolute Gasteiger partial charge is 0.305 e. The smallest absolute Gasteiger partial charge is 0.0900 e. The van der Waals surface area contributed by atoms with Gasteiger partial charge in [0.1, 0.15) is 0 Å². The van der Waals surface area contributed by atoms with E-state index in [0.717, 1.165) is 27.8 Å². The molecular formula is C14H17ClN2S. The van der Waals surface area contributed by atoms with Crippen molar-refractivity contribution in [2.24, 2.45) is 0 Å². The summed E-state index contributed by atoms with van der Waals surface area (Å²) in [6.45, 7) is 7.06. The van der Waals surface area contributed by atoms with Crippen LogP contribution in [0, 0.1) is 13.8 Å². The molecule has 96 valence electrons. The Hall–Kier alpha value is -0.900. The highest BCUT2D eigenvalue weighted by molar-refractivity contribution is 7.11. The summed E-state index contributed by atoms with van der Waals surface area (Å²) in [5.74, 6) is 0. The van der Waals surface area contributed by atoms with Crippen molar-refractivity contribution in [2.45, 2.75) is 33.4 Å². The van der Waals surface area contributed by atoms with E-state index in [0.29, 0.717) is 0 Å². The van der Waals surface area contributed by atoms with E-state index in [9.17, 15) is 0 Å². The van der Waals surface area contributed by atoms with Gasteiger partial charge in [-0.05, 0) is 32.4 Å². The molecule has 0 saturated heterocycles. The van der Waals surface area contributed by atoms with E-state index in [-0.39, 0.29) is 6.04 Å². The van der Waals surface area contributed by atoms with E-state index in [1.807, 2.05) is 25.1 Å². The molecule has 0 amide bonds. The van der Waals surface area contributed by atoms with Gasteiger partial charge in [0.2, 0.25) is 0 Å². The zero-order valence-electron chi connectivity index (χ0n) is 10.8. The highest BCUT2D eigenvalue weighted by Crippen LogP contribution is 2.23. The molecule has 0 fully saturated rings. The molecule has 1 heterocycles. The van der Waals surface area contributed by atoms with Crippen LogP contribution in [0.5, 0.6) is 0 Å². The molecule has 1 N–H and O–H groups in total. The lowest BCUT2D eigenvalue weighted by molar-refractivity contribution is 0.577. The number of rotatable bonds is 4. The quantitative estimate of drug-likeness (QED) is 0.905. The molecule has 1 aromatic carbocycles. The number of aryl methyl sites for hydroxylation is 2. The van der Waals surface area contributed by atoms with E-state index in [4.69, 9.17) is 11.6 Å². The summed E-state index contributed by atoms with van der Waals surface area (Å²) in [6.07, 6.45) is 0. The van der Waals surface area contributed by atoms with Crippen molar-refractivity contribution in [3.05, 3.63) is 50.4 Å². The fourth-order valence-electron chi connectivity index (χ4n) is 1.92. The Morgan fingerprint density at radius 3 is 2.67 bits per heavy atom. The number of nitrogens with zero attached hydrogens (tertiary/aromatic N) is 1. The van der Waals surface area contributed by atoms with Crippen molar-refractivity contribution in [3.63, 3.8) is 0 Å². The third-order valence-corrected chi connectivity index (χ3v) is 4.36. The highest BCUT2D eigenvalue weighted by atomic mass is 35.5. The van der Waals surface area contributed by atoms with Gasteiger partial charge in [-0.2, -0.15) is 0 Å². The molecule has 1 atom stereocenters. The number of benzene rings is 1. The third kappa shape index (κ3) is 3.10. The van der Waals surface area contributed by atoms with Crippen molar-refractivity contribution in [2.75, 3.05) is 0 Å². The Morgan fingerprint density at radius 1 is 1.33 bits per heavy atom. The second-order valence-electron chi connectivity index (χ2n) is 4.37. The molecule has 0 bridgehead atoms. The minimum Gasteiger partial charge on any atom is -0.305 e. The summed E-state index contributed by atoms with van der Waals surface area (Å²) >= 11 is 7.94. The normalized spacial score (nSPS) is 12.7. The molecule has 0 radical (unpaired) electrons. The molecule has 0 aliphatic heterocycles. The Balaban J connectivity index is 2.03. The van der Waals surface area contributed by atoms with Crippen LogP contribution < -0.4 is 5.32 Å². The summed E-state index contributed by atoms with van der Waals surface area (Å²) in [4.78, 5) is 5.73. The Kier molecular flexibility index (Phi) is 4.38. The summed E-state index contributed by atoms with van der Waals surface area (Å²) in [7, 11) is 0. The zero-order chi connectivity index (χ0) is 13.1. The van der Waals surface area contributed by atoms with Gasteiger partial charge in [0.05, 0.1) is 10.7 Å². The predicted octanol–water partition coefficient (Wildman–Crippen LogP) is 4.26. The van der Waals surface area contributed by atoms with Crippen LogP contribution in [0.25, 0.3) is 0 Å². The van der Waals surface area contributed by atoms with Gasteiger partial charge < -0.3 is 5.32 Å². The van der Waals surface area contributed by atoms with Crippen LogP contribution in [-0.2, 0) is 6.54 Å². The van der Waals surface area contributed by atoms with Crippen LogP contribution in [0.3, 0.4) is 0 Å². The fraction of sp³-hybridized carbons (Fsp3) is 0.357. The van der Waals surface area contributed by atoms with E-state index in [1.54, 1.807) is 11.3 Å². The fourth-order valence-corrected chi connectivity index (χ4v) is 3.11. The summed E-state index contributed by atoms with van der Waals surface area (Å²) < 4.78 is 0. The van der Waals surface area contributed by atoms with Crippen LogP contribution >= 0.6 is 22.9 Å². The van der Waals surface area contributed by atoms with E-state index >= 15 is 0 Å². The lowest BCUT2D eigenvalue weighted by atomic mass is 10.1. The maximum absolute atomic E-state index is 6.19. The number of hydrogen-bond donors (Lipinski definition) is 1. The monoisotopic (exact) mass is 280 g/mol. The number of hydrogen-bond acceptors (Lipinski definition) is 3. The average molecular weight is 281 g/mol. The van der Waals surface area contributed by atoms with Gasteiger partial charge in [0.25, 0.3) is 0 Å². The number of thiazole rings is 1. The molecule has 2 aromatic rings. The third-order valence-electron chi connectivity index (χ3n) is 2.94. The van der Waals surface area contributed by atoms with E-state index < -0.39 is 0 Å². The van der Waals surface area contributed by atoms with E-state index in [2.05, 4.69) is 30.2 Å². The standard InChI is InChI=1S/C14H17ClN2S/c1-9(12-6-4-5-7-13(12)15)16-8-14-10(2)17-11(3)18-14/h4-7,9,16H,8H2,1-3H3/t9-/m0/s1. The molecule has 0 unspecified atom stereocenters. The number of aromatic nitrogens is 1. The summed E-state index contributed by atoms with van der Waals surface area (Å²) in [5, 5.41) is 5.43. The van der Waals surface area contributed by atoms with Crippen molar-refractivity contribution in [1.82, 2.24) is 10.3 Å². The molecule has 0 aliphatic carbocycles. The second kappa shape index (κ2) is 5.83. The topological polar surface area (TPSA) is 24.9 Å². The molecule has 18 heavy (non-hydrogen) atoms. The number of nitrogens with one attached hydrogen (secondary N) is 1. The first-order valence-electron chi connectivity index (χ1n) is 5.98. The van der Waals surface area contributed by atoms with Crippen LogP contribution in [0.4, 0.5) is 0 Å². The molecule has 2 nitrogen and oxygen atoms in total. The molecule has 2 rings (SSSR count). The molecule has 0 saturated carbocycles. The average Bonchev–Trinajstić information content (AvgIpc) is 2.65. The first-order chi connectivity index (χ1) is 8.58. The van der Waals surface area contributed by atoms with Gasteiger partial charge >= 0.3 is 0 Å². The number of halogens is 1. The van der Waals surface area contributed by atoms with Crippen molar-refractivity contribution < 1.29 is 0 Å². The maximum Gasteiger partial charge on any atom is 0.0900 e. The van der Waals surface area contributed by atoms with E-state index in [1.165, 1.54) is 4.88 Å². The maximum atomic E-state index is 6.19. The zero-order valence-corrected chi connectivity index (χ0v) is 12.4. The lowest BCUT2D eigenvalue weighted by Gasteiger charge is -2.15. The van der Waals surface area contributed by atoms with Gasteiger partial charge in [0.15, 0.2) is 0 Å². The van der Waals surface area contributed by atoms with Crippen molar-refractivity contribution in [1.29, 1.82) is 0 Å². The molecule has 0 spiro atoms. The minimum absolute atomic E-state index is 0.237. The predicted molar refractivity (Wildman–Crippen MR) is 78.3 cm³/mol. The SMILES string of the molecule is Cc1nc(C)c(CN[C@@H](C)c2ccccc2Cl)s1. The summed E-state index contributed by atoms with van der Waals surface area (Å²) in [5.41, 5.74) is 2.26. The van der Waals surface area contributed by atoms with Gasteiger partial charge in [-0.25, -0.2) is 4.98 Å². The van der Waals surface area contributed by atoms with Crippen molar-refractivity contribution in [3.8, 4) is 0 Å². The lowest BCUT2D eigenvalue weighted by Crippen LogP contribution is -2.18. The van der Waals surface area contributed by atoms with Gasteiger partial charge in [-0.3, -0.25) is 0 Å². The molecule has 1 aromatic heterocycles. The minimum atomic E-state index is 0.237. The first-order valence-corrected chi connectivity index (χ1v) is 7.18. The van der Waals surface area contributed by atoms with Gasteiger partial charge in [-0.15, -0.1) is 11.3 Å². The molecule has 4 heteroatoms. The van der Waals surface area contributed by atoms with Gasteiger partial charge in [-0.1, -0.05) is 29.8 Å². The van der Waals surface area contributed by atoms with Crippen LogP contribution in [0.15, 0.2) is 24.3 Å². The summed E-state index contributed by atoms with van der Waals surface area (Å²) in [6, 6.07) is 8.19. The Bertz CT molecular complexity index is 536. The van der Waals surface area contributed by atoms with Crippen LogP contribution in [0.2, 0.25) is 5.02 Å². The molecular weight excluding hydrogens is 264 g/mol. The van der Waals surface area contributed by atoms with Gasteiger partial charge in [0, 0.05) is 22.5 Å². The molecule has 0 aliphatic rings. The first kappa shape index (κ1) is 13.5. The highest BCUT2D eigenvalue weighted by Gasteiger charge is 2.10. The Morgan fingerprint density at radius 2 is 2.06 bits per heavy atom. The van der Waals surface area contributed by atoms with Crippen molar-refractivity contribution >= 4 is 22.9 Å². The Labute approximate surface area is 117 Å². The van der Waals surface area contributed by atoms with Crippen LogP contribution in [-0.4, -0.2) is 4.98 Å². The second-order valence-corrected chi connectivity index (χ2v) is 6.06. The van der Waals surface area contributed by atoms with Crippen LogP contribution in [0.1, 0.15) is 34.1 Å².